The van der Waals surface area contributed by atoms with Crippen molar-refractivity contribution in [2.24, 2.45) is 0 Å². The first-order valence-electron chi connectivity index (χ1n) is 5.86. The normalized spacial score (nSPS) is 12.5. The minimum Gasteiger partial charge on any atom is -0.305 e. The van der Waals surface area contributed by atoms with E-state index in [2.05, 4.69) is 20.3 Å². The number of imidazole rings is 1. The monoisotopic (exact) mass is 360 g/mol. The third-order valence-corrected chi connectivity index (χ3v) is 4.19. The Morgan fingerprint density at radius 2 is 2.00 bits per heavy atom. The quantitative estimate of drug-likeness (QED) is 0.513. The molecule has 11 heteroatoms. The number of fused-ring (bicyclic) bond motifs is 2. The number of halogens is 4. The maximum atomic E-state index is 13.2. The lowest BCUT2D eigenvalue weighted by Crippen LogP contribution is -2.10. The van der Waals surface area contributed by atoms with Crippen LogP contribution in [-0.2, 0) is 5.38 Å². The second-order valence-corrected chi connectivity index (χ2v) is 6.23. The van der Waals surface area contributed by atoms with E-state index >= 15 is 0 Å². The molecule has 0 aliphatic heterocycles. The molecule has 0 N–H and O–H groups in total. The van der Waals surface area contributed by atoms with Crippen LogP contribution in [0.5, 0.6) is 0 Å². The molecule has 0 aromatic carbocycles. The molecule has 0 fully saturated rings. The standard InChI is InChI=1S/C11H4Cl2F2N6S/c12-5-1-2-7-16-6(4-20(7)3-5)8-19-21-9(11(13,14)15)17-18-10(21)22-8/h1-4H. The van der Waals surface area contributed by atoms with Crippen LogP contribution in [0.1, 0.15) is 5.82 Å². The Morgan fingerprint density at radius 3 is 2.77 bits per heavy atom. The summed E-state index contributed by atoms with van der Waals surface area (Å²) in [6.07, 6.45) is 3.39. The number of hydrogen-bond acceptors (Lipinski definition) is 5. The summed E-state index contributed by atoms with van der Waals surface area (Å²) in [7, 11) is 0. The number of aromatic nitrogens is 6. The highest BCUT2D eigenvalue weighted by molar-refractivity contribution is 7.19. The lowest BCUT2D eigenvalue weighted by molar-refractivity contribution is 0.0821. The molecule has 0 radical (unpaired) electrons. The van der Waals surface area contributed by atoms with Gasteiger partial charge in [-0.25, -0.2) is 4.98 Å². The zero-order chi connectivity index (χ0) is 15.5. The van der Waals surface area contributed by atoms with E-state index in [0.717, 1.165) is 15.9 Å². The van der Waals surface area contributed by atoms with Crippen molar-refractivity contribution < 1.29 is 8.78 Å². The maximum absolute atomic E-state index is 13.2. The summed E-state index contributed by atoms with van der Waals surface area (Å²) >= 11 is 12.0. The van der Waals surface area contributed by atoms with Gasteiger partial charge in [0.1, 0.15) is 11.3 Å². The minimum atomic E-state index is -3.64. The molecule has 0 saturated heterocycles. The fraction of sp³-hybridized carbons (Fsp3) is 0.0909. The summed E-state index contributed by atoms with van der Waals surface area (Å²) < 4.78 is 29.1. The second kappa shape index (κ2) is 4.58. The highest BCUT2D eigenvalue weighted by Gasteiger charge is 2.35. The van der Waals surface area contributed by atoms with Crippen molar-refractivity contribution in [3.05, 3.63) is 35.4 Å². The molecular formula is C11H4Cl2F2N6S. The van der Waals surface area contributed by atoms with Crippen LogP contribution in [0.15, 0.2) is 24.5 Å². The molecule has 4 rings (SSSR count). The molecule has 4 aromatic heterocycles. The van der Waals surface area contributed by atoms with Gasteiger partial charge in [0.2, 0.25) is 10.8 Å². The molecule has 0 aliphatic carbocycles. The van der Waals surface area contributed by atoms with Crippen LogP contribution in [0.25, 0.3) is 21.3 Å². The van der Waals surface area contributed by atoms with Crippen LogP contribution in [0, 0.1) is 0 Å². The highest BCUT2D eigenvalue weighted by atomic mass is 35.5. The number of nitrogens with zero attached hydrogens (tertiary/aromatic N) is 6. The average Bonchev–Trinajstić information content (AvgIpc) is 3.08. The van der Waals surface area contributed by atoms with Gasteiger partial charge in [-0.3, -0.25) is 0 Å². The third kappa shape index (κ3) is 2.13. The second-order valence-electron chi connectivity index (χ2n) is 4.36. The van der Waals surface area contributed by atoms with E-state index in [1.807, 2.05) is 0 Å². The SMILES string of the molecule is FC(F)(Cl)c1nnc2sc(-c3cn4cc(Cl)ccc4n3)nn12. The zero-order valence-electron chi connectivity index (χ0n) is 10.4. The van der Waals surface area contributed by atoms with Gasteiger partial charge in [0.15, 0.2) is 5.01 Å². The van der Waals surface area contributed by atoms with Crippen LogP contribution >= 0.6 is 34.5 Å². The van der Waals surface area contributed by atoms with Crippen LogP contribution < -0.4 is 0 Å². The van der Waals surface area contributed by atoms with E-state index in [-0.39, 0.29) is 4.96 Å². The number of rotatable bonds is 2. The summed E-state index contributed by atoms with van der Waals surface area (Å²) in [6.45, 7) is 0. The van der Waals surface area contributed by atoms with Crippen molar-refractivity contribution >= 4 is 45.1 Å². The first-order chi connectivity index (χ1) is 10.4. The van der Waals surface area contributed by atoms with Gasteiger partial charge in [-0.2, -0.15) is 18.4 Å². The fourth-order valence-corrected chi connectivity index (χ4v) is 3.04. The molecule has 0 atom stereocenters. The van der Waals surface area contributed by atoms with E-state index in [0.29, 0.717) is 21.4 Å². The molecule has 112 valence electrons. The minimum absolute atomic E-state index is 0.209. The summed E-state index contributed by atoms with van der Waals surface area (Å²) in [4.78, 5) is 4.57. The van der Waals surface area contributed by atoms with Gasteiger partial charge in [0.05, 0.1) is 5.02 Å². The van der Waals surface area contributed by atoms with Crippen LogP contribution in [0.2, 0.25) is 5.02 Å². The summed E-state index contributed by atoms with van der Waals surface area (Å²) in [5, 5.41) is 8.40. The van der Waals surface area contributed by atoms with E-state index in [1.165, 1.54) is 0 Å². The first kappa shape index (κ1) is 13.8. The molecule has 0 spiro atoms. The predicted molar refractivity (Wildman–Crippen MR) is 77.6 cm³/mol. The third-order valence-electron chi connectivity index (χ3n) is 2.88. The van der Waals surface area contributed by atoms with E-state index in [4.69, 9.17) is 23.2 Å². The Morgan fingerprint density at radius 1 is 1.18 bits per heavy atom. The Bertz CT molecular complexity index is 1000. The number of hydrogen-bond donors (Lipinski definition) is 0. The highest BCUT2D eigenvalue weighted by Crippen LogP contribution is 2.33. The molecule has 0 saturated carbocycles. The molecule has 4 heterocycles. The Labute approximate surface area is 134 Å². The van der Waals surface area contributed by atoms with Crippen molar-refractivity contribution in [1.29, 1.82) is 0 Å². The van der Waals surface area contributed by atoms with Crippen molar-refractivity contribution in [1.82, 2.24) is 29.2 Å². The predicted octanol–water partition coefficient (Wildman–Crippen LogP) is 3.44. The lowest BCUT2D eigenvalue weighted by atomic mass is 10.5. The zero-order valence-corrected chi connectivity index (χ0v) is 12.7. The van der Waals surface area contributed by atoms with Gasteiger partial charge in [-0.1, -0.05) is 22.9 Å². The molecule has 6 nitrogen and oxygen atoms in total. The number of alkyl halides is 3. The van der Waals surface area contributed by atoms with Crippen LogP contribution in [0.4, 0.5) is 8.78 Å². The van der Waals surface area contributed by atoms with Gasteiger partial charge in [0.25, 0.3) is 0 Å². The van der Waals surface area contributed by atoms with Gasteiger partial charge < -0.3 is 4.40 Å². The van der Waals surface area contributed by atoms with Crippen LogP contribution in [-0.4, -0.2) is 29.2 Å². The summed E-state index contributed by atoms with van der Waals surface area (Å²) in [5.41, 5.74) is 1.18. The first-order valence-corrected chi connectivity index (χ1v) is 7.43. The molecule has 0 aliphatic rings. The molecule has 0 bridgehead atoms. The van der Waals surface area contributed by atoms with Gasteiger partial charge in [-0.05, 0) is 23.7 Å². The summed E-state index contributed by atoms with van der Waals surface area (Å²) in [5.74, 6) is -0.724. The van der Waals surface area contributed by atoms with E-state index in [1.54, 1.807) is 28.9 Å². The van der Waals surface area contributed by atoms with Crippen molar-refractivity contribution in [3.63, 3.8) is 0 Å². The van der Waals surface area contributed by atoms with Crippen molar-refractivity contribution in [2.45, 2.75) is 5.38 Å². The molecular weight excluding hydrogens is 357 g/mol. The smallest absolute Gasteiger partial charge is 0.305 e. The van der Waals surface area contributed by atoms with Crippen molar-refractivity contribution in [3.8, 4) is 10.7 Å². The van der Waals surface area contributed by atoms with Gasteiger partial charge >= 0.3 is 5.38 Å². The topological polar surface area (TPSA) is 60.4 Å². The largest absolute Gasteiger partial charge is 0.383 e. The van der Waals surface area contributed by atoms with Crippen LogP contribution in [0.3, 0.4) is 0 Å². The lowest BCUT2D eigenvalue weighted by Gasteiger charge is -2.01. The van der Waals surface area contributed by atoms with Gasteiger partial charge in [0, 0.05) is 12.4 Å². The Hall–Kier alpha value is -1.84. The average molecular weight is 361 g/mol. The molecule has 0 unspecified atom stereocenters. The van der Waals surface area contributed by atoms with E-state index < -0.39 is 11.2 Å². The van der Waals surface area contributed by atoms with Gasteiger partial charge in [-0.15, -0.1) is 10.2 Å². The maximum Gasteiger partial charge on any atom is 0.383 e. The number of pyridine rings is 1. The molecule has 22 heavy (non-hydrogen) atoms. The summed E-state index contributed by atoms with van der Waals surface area (Å²) in [6, 6.07) is 3.45. The molecule has 4 aromatic rings. The molecule has 0 amide bonds. The van der Waals surface area contributed by atoms with Crippen molar-refractivity contribution in [2.75, 3.05) is 0 Å². The van der Waals surface area contributed by atoms with E-state index in [9.17, 15) is 8.78 Å². The fourth-order valence-electron chi connectivity index (χ4n) is 1.96. The Balaban J connectivity index is 1.87. The Kier molecular flexibility index (Phi) is 2.87.